The predicted molar refractivity (Wildman–Crippen MR) is 90.8 cm³/mol. The number of rotatable bonds is 5. The van der Waals surface area contributed by atoms with E-state index in [0.29, 0.717) is 11.8 Å². The largest absolute Gasteiger partial charge is 0.449 e. The van der Waals surface area contributed by atoms with Crippen molar-refractivity contribution in [1.82, 2.24) is 0 Å². The lowest BCUT2D eigenvalue weighted by Gasteiger charge is -2.14. The molecule has 1 amide bonds. The molecule has 0 aromatic heterocycles. The summed E-state index contributed by atoms with van der Waals surface area (Å²) < 4.78 is 43.1. The summed E-state index contributed by atoms with van der Waals surface area (Å²) in [5.41, 5.74) is 0.410. The van der Waals surface area contributed by atoms with E-state index in [4.69, 9.17) is 4.74 Å². The number of nitrogens with one attached hydrogen (secondary N) is 1. The zero-order chi connectivity index (χ0) is 19.3. The molecular weight excluding hydrogens is 347 g/mol. The fourth-order valence-corrected chi connectivity index (χ4v) is 2.17. The van der Waals surface area contributed by atoms with Crippen LogP contribution in [0.3, 0.4) is 0 Å². The molecule has 0 aliphatic carbocycles. The van der Waals surface area contributed by atoms with Gasteiger partial charge in [-0.1, -0.05) is 25.1 Å². The third kappa shape index (κ3) is 5.08. The number of alkyl halides is 3. The van der Waals surface area contributed by atoms with Gasteiger partial charge in [0, 0.05) is 5.69 Å². The summed E-state index contributed by atoms with van der Waals surface area (Å²) in [4.78, 5) is 24.1. The SMILES string of the molecule is CCc1ccc(NC(=O)[C@@H](C)OC(=O)c2cccc(C(F)(F)F)c2)cc1. The number of ether oxygens (including phenoxy) is 1. The van der Waals surface area contributed by atoms with Crippen molar-refractivity contribution >= 4 is 17.6 Å². The summed E-state index contributed by atoms with van der Waals surface area (Å²) in [6.45, 7) is 3.35. The van der Waals surface area contributed by atoms with Gasteiger partial charge in [-0.25, -0.2) is 4.79 Å². The van der Waals surface area contributed by atoms with Gasteiger partial charge in [0.2, 0.25) is 0 Å². The van der Waals surface area contributed by atoms with Crippen LogP contribution >= 0.6 is 0 Å². The molecule has 4 nitrogen and oxygen atoms in total. The maximum atomic E-state index is 12.7. The third-order valence-corrected chi connectivity index (χ3v) is 3.71. The Bertz CT molecular complexity index is 785. The van der Waals surface area contributed by atoms with Crippen molar-refractivity contribution in [1.29, 1.82) is 0 Å². The van der Waals surface area contributed by atoms with Crippen molar-refractivity contribution in [2.75, 3.05) is 5.32 Å². The second kappa shape index (κ2) is 8.03. The molecule has 2 aromatic carbocycles. The molecule has 0 heterocycles. The van der Waals surface area contributed by atoms with Gasteiger partial charge in [0.05, 0.1) is 11.1 Å². The Hall–Kier alpha value is -2.83. The lowest BCUT2D eigenvalue weighted by molar-refractivity contribution is -0.137. The predicted octanol–water partition coefficient (Wildman–Crippen LogP) is 4.45. The van der Waals surface area contributed by atoms with Gasteiger partial charge in [-0.15, -0.1) is 0 Å². The van der Waals surface area contributed by atoms with E-state index in [-0.39, 0.29) is 5.56 Å². The molecule has 26 heavy (non-hydrogen) atoms. The van der Waals surface area contributed by atoms with Gasteiger partial charge in [0.1, 0.15) is 0 Å². The first-order chi connectivity index (χ1) is 12.2. The van der Waals surface area contributed by atoms with E-state index < -0.39 is 29.7 Å². The molecular formula is C19H18F3NO3. The van der Waals surface area contributed by atoms with Gasteiger partial charge in [-0.3, -0.25) is 4.79 Å². The van der Waals surface area contributed by atoms with Crippen LogP contribution in [0.15, 0.2) is 48.5 Å². The highest BCUT2D eigenvalue weighted by Crippen LogP contribution is 2.29. The van der Waals surface area contributed by atoms with Crippen molar-refractivity contribution in [3.05, 3.63) is 65.2 Å². The molecule has 0 saturated carbocycles. The van der Waals surface area contributed by atoms with E-state index in [1.165, 1.54) is 13.0 Å². The summed E-state index contributed by atoms with van der Waals surface area (Å²) >= 11 is 0. The molecule has 0 bridgehead atoms. The van der Waals surface area contributed by atoms with Crippen LogP contribution in [-0.2, 0) is 22.1 Å². The first-order valence-electron chi connectivity index (χ1n) is 7.98. The van der Waals surface area contributed by atoms with E-state index in [0.717, 1.165) is 24.1 Å². The van der Waals surface area contributed by atoms with E-state index in [1.807, 2.05) is 19.1 Å². The molecule has 2 rings (SSSR count). The van der Waals surface area contributed by atoms with Gasteiger partial charge >= 0.3 is 12.1 Å². The number of aryl methyl sites for hydroxylation is 1. The number of anilines is 1. The molecule has 0 saturated heterocycles. The summed E-state index contributed by atoms with van der Waals surface area (Å²) in [6, 6.07) is 11.0. The Labute approximate surface area is 149 Å². The summed E-state index contributed by atoms with van der Waals surface area (Å²) in [5.74, 6) is -1.57. The van der Waals surface area contributed by atoms with Crippen molar-refractivity contribution in [3.8, 4) is 0 Å². The minimum absolute atomic E-state index is 0.272. The van der Waals surface area contributed by atoms with Crippen LogP contribution in [-0.4, -0.2) is 18.0 Å². The average Bonchev–Trinajstić information content (AvgIpc) is 2.61. The van der Waals surface area contributed by atoms with Crippen LogP contribution in [0.5, 0.6) is 0 Å². The molecule has 7 heteroatoms. The minimum Gasteiger partial charge on any atom is -0.449 e. The highest BCUT2D eigenvalue weighted by atomic mass is 19.4. The number of esters is 1. The van der Waals surface area contributed by atoms with Gasteiger partial charge in [-0.2, -0.15) is 13.2 Å². The number of halogens is 3. The highest BCUT2D eigenvalue weighted by Gasteiger charge is 2.31. The standard InChI is InChI=1S/C19H18F3NO3/c1-3-13-7-9-16(10-8-13)23-17(24)12(2)26-18(25)14-5-4-6-15(11-14)19(20,21)22/h4-12H,3H2,1-2H3,(H,23,24)/t12-/m1/s1. The Morgan fingerprint density at radius 1 is 1.12 bits per heavy atom. The summed E-state index contributed by atoms with van der Waals surface area (Å²) in [6.07, 6.45) is -4.87. The third-order valence-electron chi connectivity index (χ3n) is 3.71. The second-order valence-corrected chi connectivity index (χ2v) is 5.67. The van der Waals surface area contributed by atoms with Crippen LogP contribution in [0.25, 0.3) is 0 Å². The zero-order valence-corrected chi connectivity index (χ0v) is 14.3. The second-order valence-electron chi connectivity index (χ2n) is 5.67. The van der Waals surface area contributed by atoms with Crippen molar-refractivity contribution in [3.63, 3.8) is 0 Å². The molecule has 1 atom stereocenters. The van der Waals surface area contributed by atoms with E-state index >= 15 is 0 Å². The first-order valence-corrected chi connectivity index (χ1v) is 7.98. The van der Waals surface area contributed by atoms with Crippen molar-refractivity contribution in [2.45, 2.75) is 32.5 Å². The fourth-order valence-electron chi connectivity index (χ4n) is 2.17. The van der Waals surface area contributed by atoms with Crippen LogP contribution in [0.2, 0.25) is 0 Å². The molecule has 0 unspecified atom stereocenters. The van der Waals surface area contributed by atoms with Crippen LogP contribution in [0.1, 0.15) is 35.3 Å². The number of hydrogen-bond donors (Lipinski definition) is 1. The number of benzene rings is 2. The maximum Gasteiger partial charge on any atom is 0.416 e. The van der Waals surface area contributed by atoms with Gasteiger partial charge in [0.15, 0.2) is 6.10 Å². The Morgan fingerprint density at radius 3 is 2.35 bits per heavy atom. The smallest absolute Gasteiger partial charge is 0.416 e. The lowest BCUT2D eigenvalue weighted by atomic mass is 10.1. The number of amides is 1. The Kier molecular flexibility index (Phi) is 6.02. The van der Waals surface area contributed by atoms with Crippen LogP contribution in [0.4, 0.5) is 18.9 Å². The van der Waals surface area contributed by atoms with Gasteiger partial charge in [-0.05, 0) is 49.2 Å². The summed E-state index contributed by atoms with van der Waals surface area (Å²) in [5, 5.41) is 2.59. The van der Waals surface area contributed by atoms with Gasteiger partial charge in [0.25, 0.3) is 5.91 Å². The normalized spacial score (nSPS) is 12.3. The lowest BCUT2D eigenvalue weighted by Crippen LogP contribution is -2.30. The Morgan fingerprint density at radius 2 is 1.77 bits per heavy atom. The Balaban J connectivity index is 2.00. The monoisotopic (exact) mass is 365 g/mol. The zero-order valence-electron chi connectivity index (χ0n) is 14.3. The molecule has 138 valence electrons. The van der Waals surface area contributed by atoms with E-state index in [1.54, 1.807) is 12.1 Å². The van der Waals surface area contributed by atoms with Crippen molar-refractivity contribution in [2.24, 2.45) is 0 Å². The highest BCUT2D eigenvalue weighted by molar-refractivity contribution is 5.97. The molecule has 0 fully saturated rings. The number of carbonyl (C=O) groups excluding carboxylic acids is 2. The topological polar surface area (TPSA) is 55.4 Å². The molecule has 0 radical (unpaired) electrons. The van der Waals surface area contributed by atoms with E-state index in [2.05, 4.69) is 5.32 Å². The molecule has 1 N–H and O–H groups in total. The number of hydrogen-bond acceptors (Lipinski definition) is 3. The molecule has 2 aromatic rings. The van der Waals surface area contributed by atoms with E-state index in [9.17, 15) is 22.8 Å². The molecule has 0 spiro atoms. The minimum atomic E-state index is -4.57. The van der Waals surface area contributed by atoms with Crippen molar-refractivity contribution < 1.29 is 27.5 Å². The van der Waals surface area contributed by atoms with Crippen LogP contribution < -0.4 is 5.32 Å². The quantitative estimate of drug-likeness (QED) is 0.797. The molecule has 0 aliphatic rings. The number of carbonyl (C=O) groups is 2. The fraction of sp³-hybridized carbons (Fsp3) is 0.263. The summed E-state index contributed by atoms with van der Waals surface area (Å²) in [7, 11) is 0. The van der Waals surface area contributed by atoms with Gasteiger partial charge < -0.3 is 10.1 Å². The first kappa shape index (κ1) is 19.5. The maximum absolute atomic E-state index is 12.7. The average molecular weight is 365 g/mol. The molecule has 0 aliphatic heterocycles. The van der Waals surface area contributed by atoms with Crippen LogP contribution in [0, 0.1) is 0 Å².